The van der Waals surface area contributed by atoms with Gasteiger partial charge in [-0.3, -0.25) is 0 Å². The molecule has 1 N–H and O–H groups in total. The summed E-state index contributed by atoms with van der Waals surface area (Å²) < 4.78 is 1.95. The normalized spacial score (nSPS) is 26.4. The zero-order valence-electron chi connectivity index (χ0n) is 13.7. The van der Waals surface area contributed by atoms with Gasteiger partial charge in [0.2, 0.25) is 5.16 Å². The number of nitrogens with zero attached hydrogens (tertiary/aromatic N) is 4. The predicted molar refractivity (Wildman–Crippen MR) is 87.3 cm³/mol. The third-order valence-electron chi connectivity index (χ3n) is 3.96. The molecule has 2 atom stereocenters. The first-order valence-electron chi connectivity index (χ1n) is 8.18. The molecule has 0 radical (unpaired) electrons. The Kier molecular flexibility index (Phi) is 6.48. The van der Waals surface area contributed by atoms with Crippen LogP contribution in [-0.4, -0.2) is 38.5 Å². The lowest BCUT2D eigenvalue weighted by molar-refractivity contribution is 0.308. The molecular weight excluding hydrogens is 282 g/mol. The minimum absolute atomic E-state index is 0.664. The van der Waals surface area contributed by atoms with E-state index in [0.717, 1.165) is 36.6 Å². The van der Waals surface area contributed by atoms with E-state index in [1.54, 1.807) is 0 Å². The van der Waals surface area contributed by atoms with E-state index in [0.29, 0.717) is 11.2 Å². The zero-order chi connectivity index (χ0) is 15.2. The lowest BCUT2D eigenvalue weighted by Gasteiger charge is -2.30. The molecule has 1 aromatic heterocycles. The lowest BCUT2D eigenvalue weighted by Crippen LogP contribution is -2.25. The van der Waals surface area contributed by atoms with Crippen molar-refractivity contribution in [3.8, 4) is 0 Å². The molecule has 1 aromatic rings. The molecular formula is C15H29N5S. The van der Waals surface area contributed by atoms with Gasteiger partial charge in [-0.05, 0) is 54.0 Å². The molecule has 1 saturated carbocycles. The molecule has 2 rings (SSSR count). The van der Waals surface area contributed by atoms with E-state index in [1.807, 2.05) is 16.4 Å². The van der Waals surface area contributed by atoms with Gasteiger partial charge in [-0.1, -0.05) is 39.5 Å². The van der Waals surface area contributed by atoms with E-state index in [9.17, 15) is 0 Å². The van der Waals surface area contributed by atoms with Crippen molar-refractivity contribution in [1.82, 2.24) is 25.5 Å². The van der Waals surface area contributed by atoms with Crippen molar-refractivity contribution in [2.24, 2.45) is 17.8 Å². The molecule has 1 fully saturated rings. The van der Waals surface area contributed by atoms with Gasteiger partial charge in [0.25, 0.3) is 0 Å². The summed E-state index contributed by atoms with van der Waals surface area (Å²) in [4.78, 5) is 0. The van der Waals surface area contributed by atoms with Crippen LogP contribution in [0.5, 0.6) is 0 Å². The molecule has 6 heteroatoms. The molecule has 0 aromatic carbocycles. The SMILES string of the molecule is CC(C)CNCCn1nnnc1SC1CC(C)CC(C)C1. The Morgan fingerprint density at radius 2 is 1.95 bits per heavy atom. The predicted octanol–water partition coefficient (Wildman–Crippen LogP) is 2.84. The highest BCUT2D eigenvalue weighted by atomic mass is 32.2. The van der Waals surface area contributed by atoms with Crippen LogP contribution in [0.3, 0.4) is 0 Å². The van der Waals surface area contributed by atoms with Crippen molar-refractivity contribution in [2.45, 2.75) is 63.9 Å². The molecule has 120 valence electrons. The fraction of sp³-hybridized carbons (Fsp3) is 0.933. The summed E-state index contributed by atoms with van der Waals surface area (Å²) >= 11 is 1.87. The first-order chi connectivity index (χ1) is 10.0. The van der Waals surface area contributed by atoms with Gasteiger partial charge < -0.3 is 5.32 Å². The fourth-order valence-electron chi connectivity index (χ4n) is 3.12. The van der Waals surface area contributed by atoms with Crippen LogP contribution >= 0.6 is 11.8 Å². The number of hydrogen-bond donors (Lipinski definition) is 1. The number of tetrazole rings is 1. The van der Waals surface area contributed by atoms with Crippen molar-refractivity contribution in [2.75, 3.05) is 13.1 Å². The van der Waals surface area contributed by atoms with Gasteiger partial charge in [0, 0.05) is 11.8 Å². The first-order valence-corrected chi connectivity index (χ1v) is 9.06. The first kappa shape index (κ1) is 16.7. The zero-order valence-corrected chi connectivity index (χ0v) is 14.6. The summed E-state index contributed by atoms with van der Waals surface area (Å²) in [7, 11) is 0. The van der Waals surface area contributed by atoms with Crippen LogP contribution < -0.4 is 5.32 Å². The minimum atomic E-state index is 0.664. The van der Waals surface area contributed by atoms with Crippen molar-refractivity contribution in [3.05, 3.63) is 0 Å². The summed E-state index contributed by atoms with van der Waals surface area (Å²) in [6.07, 6.45) is 3.93. The Labute approximate surface area is 132 Å². The Morgan fingerprint density at radius 1 is 1.24 bits per heavy atom. The Balaban J connectivity index is 1.82. The smallest absolute Gasteiger partial charge is 0.209 e. The maximum absolute atomic E-state index is 4.21. The number of rotatable bonds is 7. The summed E-state index contributed by atoms with van der Waals surface area (Å²) in [6.45, 7) is 12.0. The van der Waals surface area contributed by atoms with Gasteiger partial charge in [0.05, 0.1) is 6.54 Å². The Hall–Kier alpha value is -0.620. The monoisotopic (exact) mass is 311 g/mol. The van der Waals surface area contributed by atoms with Gasteiger partial charge in [0.1, 0.15) is 0 Å². The molecule has 0 amide bonds. The van der Waals surface area contributed by atoms with Crippen LogP contribution in [0.4, 0.5) is 0 Å². The van der Waals surface area contributed by atoms with Crippen LogP contribution in [0, 0.1) is 17.8 Å². The molecule has 1 aliphatic carbocycles. The summed E-state index contributed by atoms with van der Waals surface area (Å²) in [5.74, 6) is 2.32. The van der Waals surface area contributed by atoms with Gasteiger partial charge in [0.15, 0.2) is 0 Å². The lowest BCUT2D eigenvalue weighted by atomic mass is 9.83. The van der Waals surface area contributed by atoms with Crippen molar-refractivity contribution < 1.29 is 0 Å². The highest BCUT2D eigenvalue weighted by Gasteiger charge is 2.26. The molecule has 2 unspecified atom stereocenters. The molecule has 0 bridgehead atoms. The number of nitrogens with one attached hydrogen (secondary N) is 1. The molecule has 0 aliphatic heterocycles. The van der Waals surface area contributed by atoms with Crippen LogP contribution in [0.15, 0.2) is 5.16 Å². The largest absolute Gasteiger partial charge is 0.315 e. The second-order valence-corrected chi connectivity index (χ2v) is 8.21. The van der Waals surface area contributed by atoms with E-state index in [1.165, 1.54) is 19.3 Å². The average molecular weight is 311 g/mol. The van der Waals surface area contributed by atoms with Crippen molar-refractivity contribution >= 4 is 11.8 Å². The third kappa shape index (κ3) is 5.58. The Morgan fingerprint density at radius 3 is 2.62 bits per heavy atom. The highest BCUT2D eigenvalue weighted by Crippen LogP contribution is 2.37. The summed E-state index contributed by atoms with van der Waals surface area (Å²) in [6, 6.07) is 0. The number of hydrogen-bond acceptors (Lipinski definition) is 5. The molecule has 5 nitrogen and oxygen atoms in total. The average Bonchev–Trinajstić information content (AvgIpc) is 2.80. The van der Waals surface area contributed by atoms with E-state index >= 15 is 0 Å². The van der Waals surface area contributed by atoms with Crippen LogP contribution in [0.1, 0.15) is 47.0 Å². The minimum Gasteiger partial charge on any atom is -0.315 e. The third-order valence-corrected chi connectivity index (χ3v) is 5.18. The summed E-state index contributed by atoms with van der Waals surface area (Å²) in [5, 5.41) is 17.3. The number of thioether (sulfide) groups is 1. The Bertz CT molecular complexity index is 410. The van der Waals surface area contributed by atoms with Gasteiger partial charge in [-0.25, -0.2) is 4.68 Å². The van der Waals surface area contributed by atoms with Crippen LogP contribution in [-0.2, 0) is 6.54 Å². The van der Waals surface area contributed by atoms with Gasteiger partial charge >= 0.3 is 0 Å². The highest BCUT2D eigenvalue weighted by molar-refractivity contribution is 7.99. The fourth-order valence-corrected chi connectivity index (χ4v) is 4.60. The molecule has 1 aliphatic rings. The van der Waals surface area contributed by atoms with E-state index in [2.05, 4.69) is 48.5 Å². The second-order valence-electron chi connectivity index (χ2n) is 6.94. The standard InChI is InChI=1S/C15H29N5S/c1-11(2)10-16-5-6-20-15(17-18-19-20)21-14-8-12(3)7-13(4)9-14/h11-14,16H,5-10H2,1-4H3. The van der Waals surface area contributed by atoms with E-state index < -0.39 is 0 Å². The quantitative estimate of drug-likeness (QED) is 0.785. The van der Waals surface area contributed by atoms with E-state index in [4.69, 9.17) is 0 Å². The van der Waals surface area contributed by atoms with Crippen molar-refractivity contribution in [1.29, 1.82) is 0 Å². The summed E-state index contributed by atoms with van der Waals surface area (Å²) in [5.41, 5.74) is 0. The molecule has 0 saturated heterocycles. The maximum atomic E-state index is 4.21. The second kappa shape index (κ2) is 8.13. The molecule has 0 spiro atoms. The molecule has 21 heavy (non-hydrogen) atoms. The maximum Gasteiger partial charge on any atom is 0.209 e. The van der Waals surface area contributed by atoms with E-state index in [-0.39, 0.29) is 0 Å². The van der Waals surface area contributed by atoms with Crippen LogP contribution in [0.25, 0.3) is 0 Å². The van der Waals surface area contributed by atoms with Crippen molar-refractivity contribution in [3.63, 3.8) is 0 Å². The van der Waals surface area contributed by atoms with Gasteiger partial charge in [-0.2, -0.15) is 0 Å². The topological polar surface area (TPSA) is 55.6 Å². The van der Waals surface area contributed by atoms with Crippen LogP contribution in [0.2, 0.25) is 0 Å². The number of aromatic nitrogens is 4. The van der Waals surface area contributed by atoms with Gasteiger partial charge in [-0.15, -0.1) is 5.10 Å². The molecule has 1 heterocycles.